The molecule has 0 unspecified atom stereocenters. The molecule has 0 aromatic heterocycles. The molecule has 0 fully saturated rings. The number of hydrogen-bond donors (Lipinski definition) is 4. The number of aliphatic hydroxyl groups is 1. The van der Waals surface area contributed by atoms with E-state index >= 15 is 0 Å². The molecule has 0 radical (unpaired) electrons. The maximum atomic E-state index is 11.2. The first-order valence-corrected chi connectivity index (χ1v) is 32.6. The smallest absolute Gasteiger partial charge is 0.481 e. The number of aliphatic hydroxyl groups excluding tert-OH is 1. The Balaban J connectivity index is -0.000000143. The lowest BCUT2D eigenvalue weighted by molar-refractivity contribution is -0.488. The predicted molar refractivity (Wildman–Crippen MR) is 352 cm³/mol. The summed E-state index contributed by atoms with van der Waals surface area (Å²) in [4.78, 5) is 116. The normalized spacial score (nSPS) is 11.9. The van der Waals surface area contributed by atoms with Crippen LogP contribution >= 0.6 is 15.9 Å². The van der Waals surface area contributed by atoms with E-state index in [1.54, 1.807) is 41.5 Å². The predicted octanol–water partition coefficient (Wildman–Crippen LogP) is 12.8. The summed E-state index contributed by atoms with van der Waals surface area (Å²) in [5.41, 5.74) is 5.41. The molecule has 5 atom stereocenters. The molecule has 0 bridgehead atoms. The number of nitrogens with two attached hydrogens (primary N) is 1. The standard InChI is InChI=1S/C10H19NO4.C9H17BrO2.C9H18O3.C9H16O3.C8H15NO4.C8H17NO2.C6H12O.C5H10O3/c1-4-15-10(12)6-9(5-8(2)3)7-11(13)14;3*1-4-12-9(11)6-8(10)5-7(2)3;1-6(2)3-7(4-8(10)11)5-9(12)13;1-6(2)3-7(5-9)4-8(10)11;1-5(2)4-6(3)7;1-3-7-5(6)8-4-2/h8-9H,4-7H2,1-3H3;7-8H,4-6H2,1-3H3;7-8,10H,4-6H2,1-3H3;7H,4-6H2,1-3H3;6-7H,3-5H2,1-2H3,(H,10,11);6-7H,3-5,9H2,1-2H3,(H,10,11);5H,4H2,1-3H3;3-4H2,1-2H3/t9-;2*8-;;2*7-;;/m010.00../s1. The zero-order valence-electron chi connectivity index (χ0n) is 58.9. The lowest BCUT2D eigenvalue weighted by atomic mass is 9.94. The minimum atomic E-state index is -0.965. The molecular weight excluding hydrogens is 1240 g/mol. The van der Waals surface area contributed by atoms with Gasteiger partial charge in [-0.3, -0.25) is 53.8 Å². The van der Waals surface area contributed by atoms with Gasteiger partial charge in [0, 0.05) is 45.8 Å². The second kappa shape index (κ2) is 68.0. The van der Waals surface area contributed by atoms with Crippen molar-refractivity contribution in [1.29, 1.82) is 0 Å². The van der Waals surface area contributed by atoms with Crippen molar-refractivity contribution in [3.05, 3.63) is 20.2 Å². The van der Waals surface area contributed by atoms with E-state index in [-0.39, 0.29) is 102 Å². The largest absolute Gasteiger partial charge is 0.508 e. The average Bonchev–Trinajstić information content (AvgIpc) is 3.43. The molecule has 534 valence electrons. The van der Waals surface area contributed by atoms with Crippen LogP contribution in [0.2, 0.25) is 0 Å². The number of carbonyl (C=O) groups excluding carboxylic acids is 7. The highest BCUT2D eigenvalue weighted by molar-refractivity contribution is 9.09. The fourth-order valence-electron chi connectivity index (χ4n) is 7.87. The van der Waals surface area contributed by atoms with Crippen LogP contribution in [0.3, 0.4) is 0 Å². The van der Waals surface area contributed by atoms with Gasteiger partial charge in [0.1, 0.15) is 18.0 Å². The number of nitro groups is 2. The lowest BCUT2D eigenvalue weighted by Gasteiger charge is -2.13. The number of esters is 4. The van der Waals surface area contributed by atoms with Crippen molar-refractivity contribution in [3.8, 4) is 0 Å². The lowest BCUT2D eigenvalue weighted by Crippen LogP contribution is -2.21. The highest BCUT2D eigenvalue weighted by Gasteiger charge is 2.22. The van der Waals surface area contributed by atoms with Gasteiger partial charge in [0.25, 0.3) is 0 Å². The van der Waals surface area contributed by atoms with Crippen molar-refractivity contribution in [2.24, 2.45) is 64.9 Å². The van der Waals surface area contributed by atoms with E-state index in [0.29, 0.717) is 120 Å². The number of alkyl halides is 1. The third-order valence-corrected chi connectivity index (χ3v) is 11.3. The van der Waals surface area contributed by atoms with Crippen LogP contribution in [0.5, 0.6) is 0 Å². The number of aliphatic carboxylic acids is 2. The SMILES string of the molecule is CC(=O)CC(C)C.CC(C)C[C@@H](CC(=O)O)C[N+](=O)[O-].CC(C)C[C@H](CN)CC(=O)O.CCOC(=O)CC(=O)CC(C)C.CCOC(=O)C[C@@H](O)CC(C)C.CCOC(=O)C[C@H](Br)CC(C)C.CCOC(=O)C[C@H](CC(C)C)C[N+](=O)[O-].CCOC(=O)OCC. The van der Waals surface area contributed by atoms with Gasteiger partial charge in [-0.15, -0.1) is 0 Å². The first-order chi connectivity index (χ1) is 41.5. The van der Waals surface area contributed by atoms with Gasteiger partial charge in [0.2, 0.25) is 13.1 Å². The fraction of sp³-hybridized carbons (Fsp3) is 0.859. The van der Waals surface area contributed by atoms with Crippen molar-refractivity contribution in [2.75, 3.05) is 59.3 Å². The van der Waals surface area contributed by atoms with E-state index in [1.165, 1.54) is 0 Å². The highest BCUT2D eigenvalue weighted by atomic mass is 79.9. The second-order valence-electron chi connectivity index (χ2n) is 24.0. The Morgan fingerprint density at radius 3 is 1.02 bits per heavy atom. The summed E-state index contributed by atoms with van der Waals surface area (Å²) < 4.78 is 27.8. The van der Waals surface area contributed by atoms with Crippen molar-refractivity contribution >= 4 is 69.5 Å². The molecule has 0 rings (SSSR count). The number of carboxylic acid groups (broad SMARTS) is 2. The zero-order chi connectivity index (χ0) is 72.1. The van der Waals surface area contributed by atoms with Crippen LogP contribution in [-0.2, 0) is 66.8 Å². The van der Waals surface area contributed by atoms with Gasteiger partial charge >= 0.3 is 42.0 Å². The van der Waals surface area contributed by atoms with Crippen LogP contribution in [0.15, 0.2) is 0 Å². The number of rotatable bonds is 37. The third-order valence-electron chi connectivity index (χ3n) is 10.6. The summed E-state index contributed by atoms with van der Waals surface area (Å²) in [7, 11) is 0. The Hall–Kier alpha value is -5.37. The van der Waals surface area contributed by atoms with Crippen molar-refractivity contribution in [1.82, 2.24) is 0 Å². The molecule has 0 aliphatic rings. The summed E-state index contributed by atoms with van der Waals surface area (Å²) in [5, 5.41) is 46.8. The number of Topliss-reactive ketones (excluding diaryl/α,β-unsaturated/α-hetero) is 2. The van der Waals surface area contributed by atoms with Gasteiger partial charge in [-0.05, 0) is 134 Å². The summed E-state index contributed by atoms with van der Waals surface area (Å²) in [6.45, 7) is 42.7. The number of nitrogens with zero attached hydrogens (tertiary/aromatic N) is 2. The second-order valence-corrected chi connectivity index (χ2v) is 25.3. The van der Waals surface area contributed by atoms with Crippen LogP contribution in [0.4, 0.5) is 4.79 Å². The zero-order valence-corrected chi connectivity index (χ0v) is 60.5. The number of hydrogen-bond acceptors (Lipinski definition) is 21. The molecule has 0 saturated carbocycles. The Morgan fingerprint density at radius 1 is 0.422 bits per heavy atom. The van der Waals surface area contributed by atoms with Gasteiger partial charge in [0.05, 0.1) is 71.4 Å². The van der Waals surface area contributed by atoms with Crippen LogP contribution in [0.25, 0.3) is 0 Å². The molecule has 25 nitrogen and oxygen atoms in total. The molecule has 0 aromatic carbocycles. The Bertz CT molecular complexity index is 1810. The molecular formula is C64H124BrN3O22. The van der Waals surface area contributed by atoms with E-state index < -0.39 is 35.1 Å². The van der Waals surface area contributed by atoms with Gasteiger partial charge < -0.3 is 54.3 Å². The van der Waals surface area contributed by atoms with E-state index in [4.69, 9.17) is 30.2 Å². The van der Waals surface area contributed by atoms with Crippen molar-refractivity contribution < 1.29 is 96.7 Å². The number of carbonyl (C=O) groups is 9. The fourth-order valence-corrected chi connectivity index (χ4v) is 8.88. The summed E-state index contributed by atoms with van der Waals surface area (Å²) in [6.07, 6.45) is 4.64. The summed E-state index contributed by atoms with van der Waals surface area (Å²) >= 11 is 3.45. The number of carboxylic acids is 2. The van der Waals surface area contributed by atoms with Crippen LogP contribution in [0, 0.1) is 79.4 Å². The Morgan fingerprint density at radius 2 is 0.733 bits per heavy atom. The number of halogens is 1. The van der Waals surface area contributed by atoms with Crippen molar-refractivity contribution in [3.63, 3.8) is 0 Å². The van der Waals surface area contributed by atoms with Crippen LogP contribution < -0.4 is 5.73 Å². The minimum Gasteiger partial charge on any atom is -0.481 e. The summed E-state index contributed by atoms with van der Waals surface area (Å²) in [5.74, 6) is -0.0100. The quantitative estimate of drug-likeness (QED) is 0.0112. The van der Waals surface area contributed by atoms with E-state index in [9.17, 15) is 68.5 Å². The first kappa shape index (κ1) is 101. The summed E-state index contributed by atoms with van der Waals surface area (Å²) in [6, 6.07) is 0. The van der Waals surface area contributed by atoms with E-state index in [2.05, 4.69) is 57.8 Å². The molecule has 0 aliphatic carbocycles. The maximum Gasteiger partial charge on any atom is 0.508 e. The Labute approximate surface area is 548 Å². The van der Waals surface area contributed by atoms with Crippen molar-refractivity contribution in [2.45, 2.75) is 240 Å². The van der Waals surface area contributed by atoms with Crippen LogP contribution in [0.1, 0.15) is 229 Å². The molecule has 5 N–H and O–H groups in total. The highest BCUT2D eigenvalue weighted by Crippen LogP contribution is 2.19. The molecule has 0 amide bonds. The number of ether oxygens (including phenoxy) is 6. The Kier molecular flexibility index (Phi) is 76.2. The average molecular weight is 1370 g/mol. The molecule has 0 aliphatic heterocycles. The maximum absolute atomic E-state index is 11.2. The molecule has 26 heteroatoms. The first-order valence-electron chi connectivity index (χ1n) is 31.7. The van der Waals surface area contributed by atoms with E-state index in [1.807, 2.05) is 76.2 Å². The van der Waals surface area contributed by atoms with Crippen LogP contribution in [-0.4, -0.2) is 149 Å². The molecule has 0 spiro atoms. The van der Waals surface area contributed by atoms with Gasteiger partial charge in [-0.1, -0.05) is 113 Å². The van der Waals surface area contributed by atoms with Gasteiger partial charge in [0.15, 0.2) is 0 Å². The molecule has 90 heavy (non-hydrogen) atoms. The number of ketones is 2. The van der Waals surface area contributed by atoms with E-state index in [0.717, 1.165) is 19.3 Å². The molecule has 0 heterocycles. The van der Waals surface area contributed by atoms with Gasteiger partial charge in [-0.25, -0.2) is 4.79 Å². The topological polar surface area (TPSA) is 382 Å². The molecule has 0 saturated heterocycles. The van der Waals surface area contributed by atoms with Gasteiger partial charge in [-0.2, -0.15) is 0 Å². The third kappa shape index (κ3) is 98.9. The minimum absolute atomic E-state index is 0.0385. The molecule has 0 aromatic rings. The monoisotopic (exact) mass is 1370 g/mol.